The summed E-state index contributed by atoms with van der Waals surface area (Å²) < 4.78 is 14.7. The van der Waals surface area contributed by atoms with Crippen molar-refractivity contribution >= 4 is 37.5 Å². The van der Waals surface area contributed by atoms with Crippen molar-refractivity contribution in [2.45, 2.75) is 6.04 Å². The van der Waals surface area contributed by atoms with Crippen molar-refractivity contribution in [1.29, 1.82) is 5.26 Å². The van der Waals surface area contributed by atoms with Crippen LogP contribution < -0.4 is 5.32 Å². The number of nitriles is 1. The third kappa shape index (κ3) is 3.34. The second-order valence-electron chi connectivity index (χ2n) is 3.86. The molecular formula is C14H9Br2FN2. The summed E-state index contributed by atoms with van der Waals surface area (Å²) in [7, 11) is 0. The maximum atomic E-state index is 13.5. The van der Waals surface area contributed by atoms with Crippen molar-refractivity contribution in [3.63, 3.8) is 0 Å². The number of rotatable bonds is 3. The van der Waals surface area contributed by atoms with Crippen molar-refractivity contribution < 1.29 is 4.39 Å². The minimum atomic E-state index is -0.610. The second-order valence-corrected chi connectivity index (χ2v) is 5.57. The van der Waals surface area contributed by atoms with E-state index >= 15 is 0 Å². The molecule has 5 heteroatoms. The number of nitrogens with one attached hydrogen (secondary N) is 1. The van der Waals surface area contributed by atoms with E-state index in [0.717, 1.165) is 10.2 Å². The Kier molecular flexibility index (Phi) is 4.56. The first-order valence-corrected chi connectivity index (χ1v) is 7.06. The van der Waals surface area contributed by atoms with Gasteiger partial charge in [0.1, 0.15) is 11.9 Å². The monoisotopic (exact) mass is 382 g/mol. The number of benzene rings is 2. The first kappa shape index (κ1) is 14.0. The van der Waals surface area contributed by atoms with E-state index < -0.39 is 6.04 Å². The van der Waals surface area contributed by atoms with Crippen LogP contribution in [0.3, 0.4) is 0 Å². The maximum Gasteiger partial charge on any atom is 0.140 e. The van der Waals surface area contributed by atoms with Gasteiger partial charge in [0.2, 0.25) is 0 Å². The van der Waals surface area contributed by atoms with Gasteiger partial charge in [-0.3, -0.25) is 0 Å². The molecule has 2 nitrogen and oxygen atoms in total. The molecule has 2 aromatic rings. The molecule has 0 aliphatic rings. The smallest absolute Gasteiger partial charge is 0.140 e. The Hall–Kier alpha value is -1.38. The van der Waals surface area contributed by atoms with Crippen LogP contribution in [0, 0.1) is 17.1 Å². The quantitative estimate of drug-likeness (QED) is 0.806. The molecule has 1 N–H and O–H groups in total. The topological polar surface area (TPSA) is 35.8 Å². The van der Waals surface area contributed by atoms with Gasteiger partial charge in [0.15, 0.2) is 0 Å². The highest BCUT2D eigenvalue weighted by molar-refractivity contribution is 9.10. The van der Waals surface area contributed by atoms with Crippen LogP contribution in [0.2, 0.25) is 0 Å². The highest BCUT2D eigenvalue weighted by Crippen LogP contribution is 2.27. The number of anilines is 1. The standard InChI is InChI=1S/C14H9Br2FN2/c15-10-6-5-9(7-12(10)17)14(8-18)19-13-4-2-1-3-11(13)16/h1-7,14,19H. The predicted octanol–water partition coefficient (Wildman–Crippen LogP) is 5.03. The zero-order valence-corrected chi connectivity index (χ0v) is 12.9. The Labute approximate surface area is 127 Å². The Morgan fingerprint density at radius 2 is 1.84 bits per heavy atom. The molecule has 0 heterocycles. The van der Waals surface area contributed by atoms with Gasteiger partial charge < -0.3 is 5.32 Å². The first-order chi connectivity index (χ1) is 9.11. The number of hydrogen-bond donors (Lipinski definition) is 1. The fraction of sp³-hybridized carbons (Fsp3) is 0.0714. The molecule has 19 heavy (non-hydrogen) atoms. The van der Waals surface area contributed by atoms with Crippen LogP contribution >= 0.6 is 31.9 Å². The number of para-hydroxylation sites is 1. The van der Waals surface area contributed by atoms with Crippen LogP contribution in [0.25, 0.3) is 0 Å². The predicted molar refractivity (Wildman–Crippen MR) is 80.2 cm³/mol. The van der Waals surface area contributed by atoms with E-state index in [2.05, 4.69) is 43.2 Å². The molecule has 0 radical (unpaired) electrons. The SMILES string of the molecule is N#CC(Nc1ccccc1Br)c1ccc(Br)c(F)c1. The average molecular weight is 384 g/mol. The lowest BCUT2D eigenvalue weighted by Gasteiger charge is -2.15. The molecule has 0 aliphatic carbocycles. The van der Waals surface area contributed by atoms with Gasteiger partial charge >= 0.3 is 0 Å². The Bertz CT molecular complexity index is 638. The van der Waals surface area contributed by atoms with Crippen molar-refractivity contribution in [2.24, 2.45) is 0 Å². The molecule has 0 bridgehead atoms. The lowest BCUT2D eigenvalue weighted by Crippen LogP contribution is -2.09. The highest BCUT2D eigenvalue weighted by atomic mass is 79.9. The first-order valence-electron chi connectivity index (χ1n) is 5.47. The van der Waals surface area contributed by atoms with Gasteiger partial charge in [0.05, 0.1) is 10.5 Å². The van der Waals surface area contributed by atoms with Crippen LogP contribution in [0.5, 0.6) is 0 Å². The van der Waals surface area contributed by atoms with Crippen LogP contribution in [0.15, 0.2) is 51.4 Å². The van der Waals surface area contributed by atoms with Gasteiger partial charge in [-0.25, -0.2) is 4.39 Å². The average Bonchev–Trinajstić information content (AvgIpc) is 2.41. The summed E-state index contributed by atoms with van der Waals surface area (Å²) in [5.41, 5.74) is 1.37. The van der Waals surface area contributed by atoms with Crippen molar-refractivity contribution in [2.75, 3.05) is 5.32 Å². The molecule has 0 spiro atoms. The fourth-order valence-electron chi connectivity index (χ4n) is 1.62. The lowest BCUT2D eigenvalue weighted by molar-refractivity contribution is 0.618. The van der Waals surface area contributed by atoms with Gasteiger partial charge in [-0.2, -0.15) is 5.26 Å². The molecule has 0 saturated heterocycles. The summed E-state index contributed by atoms with van der Waals surface area (Å²) in [6, 6.07) is 13.6. The van der Waals surface area contributed by atoms with E-state index in [1.54, 1.807) is 12.1 Å². The Morgan fingerprint density at radius 3 is 2.47 bits per heavy atom. The molecule has 0 fully saturated rings. The maximum absolute atomic E-state index is 13.5. The molecule has 0 saturated carbocycles. The van der Waals surface area contributed by atoms with Gasteiger partial charge in [0.25, 0.3) is 0 Å². The Morgan fingerprint density at radius 1 is 1.11 bits per heavy atom. The third-order valence-electron chi connectivity index (χ3n) is 2.58. The Balaban J connectivity index is 2.28. The van der Waals surface area contributed by atoms with Crippen LogP contribution in [-0.2, 0) is 0 Å². The van der Waals surface area contributed by atoms with E-state index in [4.69, 9.17) is 0 Å². The number of halogens is 3. The van der Waals surface area contributed by atoms with Crippen molar-refractivity contribution in [3.8, 4) is 6.07 Å². The van der Waals surface area contributed by atoms with Gasteiger partial charge in [-0.15, -0.1) is 0 Å². The molecule has 96 valence electrons. The van der Waals surface area contributed by atoms with Crippen LogP contribution in [-0.4, -0.2) is 0 Å². The van der Waals surface area contributed by atoms with E-state index in [9.17, 15) is 9.65 Å². The minimum Gasteiger partial charge on any atom is -0.365 e. The molecule has 0 amide bonds. The summed E-state index contributed by atoms with van der Waals surface area (Å²) in [6.45, 7) is 0. The summed E-state index contributed by atoms with van der Waals surface area (Å²) >= 11 is 6.49. The normalized spacial score (nSPS) is 11.7. The zero-order chi connectivity index (χ0) is 13.8. The molecule has 1 unspecified atom stereocenters. The van der Waals surface area contributed by atoms with E-state index in [1.165, 1.54) is 6.07 Å². The van der Waals surface area contributed by atoms with Gasteiger partial charge in [-0.1, -0.05) is 18.2 Å². The summed E-state index contributed by atoms with van der Waals surface area (Å²) in [5.74, 6) is -0.383. The lowest BCUT2D eigenvalue weighted by atomic mass is 10.1. The summed E-state index contributed by atoms with van der Waals surface area (Å²) in [6.07, 6.45) is 0. The molecule has 1 atom stereocenters. The van der Waals surface area contributed by atoms with Crippen LogP contribution in [0.1, 0.15) is 11.6 Å². The number of hydrogen-bond acceptors (Lipinski definition) is 2. The molecule has 0 aromatic heterocycles. The molecule has 0 aliphatic heterocycles. The molecular weight excluding hydrogens is 375 g/mol. The molecule has 2 rings (SSSR count). The second kappa shape index (κ2) is 6.18. The van der Waals surface area contributed by atoms with Gasteiger partial charge in [0, 0.05) is 10.2 Å². The number of nitrogens with zero attached hydrogens (tertiary/aromatic N) is 1. The third-order valence-corrected chi connectivity index (χ3v) is 3.91. The van der Waals surface area contributed by atoms with Crippen molar-refractivity contribution in [3.05, 3.63) is 62.8 Å². The fourth-order valence-corrected chi connectivity index (χ4v) is 2.26. The summed E-state index contributed by atoms with van der Waals surface area (Å²) in [4.78, 5) is 0. The zero-order valence-electron chi connectivity index (χ0n) is 9.70. The minimum absolute atomic E-state index is 0.383. The summed E-state index contributed by atoms with van der Waals surface area (Å²) in [5, 5.41) is 12.3. The molecule has 2 aromatic carbocycles. The largest absolute Gasteiger partial charge is 0.365 e. The van der Waals surface area contributed by atoms with Crippen molar-refractivity contribution in [1.82, 2.24) is 0 Å². The van der Waals surface area contributed by atoms with E-state index in [0.29, 0.717) is 10.0 Å². The van der Waals surface area contributed by atoms with Gasteiger partial charge in [-0.05, 0) is 61.7 Å². The van der Waals surface area contributed by atoms with E-state index in [1.807, 2.05) is 24.3 Å². The van der Waals surface area contributed by atoms with Crippen LogP contribution in [0.4, 0.5) is 10.1 Å². The highest BCUT2D eigenvalue weighted by Gasteiger charge is 2.13. The van der Waals surface area contributed by atoms with E-state index in [-0.39, 0.29) is 5.82 Å².